The summed E-state index contributed by atoms with van der Waals surface area (Å²) in [4.78, 5) is 18.6. The molecule has 2 aromatic rings. The van der Waals surface area contributed by atoms with Gasteiger partial charge in [-0.3, -0.25) is 4.79 Å². The molecule has 2 aromatic carbocycles. The van der Waals surface area contributed by atoms with Gasteiger partial charge in [0.1, 0.15) is 0 Å². The molecule has 0 bridgehead atoms. The summed E-state index contributed by atoms with van der Waals surface area (Å²) in [6.45, 7) is 0. The Kier molecular flexibility index (Phi) is 6.92. The Morgan fingerprint density at radius 3 is 2.62 bits per heavy atom. The topological polar surface area (TPSA) is 64.9 Å². The highest BCUT2D eigenvalue weighted by atomic mass is 35.5. The van der Waals surface area contributed by atoms with Crippen LogP contribution < -0.4 is 5.32 Å². The Morgan fingerprint density at radius 1 is 1.24 bits per heavy atom. The molecule has 156 valence electrons. The quantitative estimate of drug-likeness (QED) is 0.577. The van der Waals surface area contributed by atoms with Crippen molar-refractivity contribution >= 4 is 30.3 Å². The highest BCUT2D eigenvalue weighted by Crippen LogP contribution is 2.35. The van der Waals surface area contributed by atoms with Crippen molar-refractivity contribution in [2.24, 2.45) is 4.99 Å². The van der Waals surface area contributed by atoms with Crippen molar-refractivity contribution in [3.05, 3.63) is 64.7 Å². The maximum atomic E-state index is 12.9. The van der Waals surface area contributed by atoms with Crippen LogP contribution in [0.5, 0.6) is 0 Å². The third-order valence-corrected chi connectivity index (χ3v) is 4.45. The summed E-state index contributed by atoms with van der Waals surface area (Å²) in [6.07, 6.45) is -3.42. The number of benzene rings is 2. The molecule has 0 spiro atoms. The Bertz CT molecular complexity index is 916. The van der Waals surface area contributed by atoms with Crippen molar-refractivity contribution < 1.29 is 23.1 Å². The lowest BCUT2D eigenvalue weighted by Gasteiger charge is -2.18. The molecule has 9 heteroatoms. The number of aliphatic hydroxyl groups excluding tert-OH is 1. The van der Waals surface area contributed by atoms with Gasteiger partial charge in [-0.15, -0.1) is 12.4 Å². The lowest BCUT2D eigenvalue weighted by Crippen LogP contribution is -2.34. The molecule has 0 radical (unpaired) electrons. The molecule has 2 atom stereocenters. The predicted octanol–water partition coefficient (Wildman–Crippen LogP) is 3.74. The van der Waals surface area contributed by atoms with E-state index in [0.717, 1.165) is 17.7 Å². The van der Waals surface area contributed by atoms with E-state index >= 15 is 0 Å². The first-order valence-electron chi connectivity index (χ1n) is 8.65. The largest absolute Gasteiger partial charge is 0.416 e. The second kappa shape index (κ2) is 8.84. The number of aliphatic imine (C=N–C) groups is 1. The zero-order chi connectivity index (χ0) is 20.5. The molecule has 1 amide bonds. The van der Waals surface area contributed by atoms with E-state index < -0.39 is 29.8 Å². The van der Waals surface area contributed by atoms with Crippen molar-refractivity contribution in [3.63, 3.8) is 0 Å². The normalized spacial score (nSPS) is 18.3. The van der Waals surface area contributed by atoms with Crippen molar-refractivity contribution in [1.82, 2.24) is 10.2 Å². The molecular weight excluding hydrogens is 407 g/mol. The molecule has 2 unspecified atom stereocenters. The Labute approximate surface area is 172 Å². The second-order valence-corrected chi connectivity index (χ2v) is 6.89. The van der Waals surface area contributed by atoms with E-state index in [1.165, 1.54) is 12.1 Å². The zero-order valence-electron chi connectivity index (χ0n) is 15.8. The fourth-order valence-electron chi connectivity index (χ4n) is 3.11. The monoisotopic (exact) mass is 427 g/mol. The molecule has 1 aliphatic carbocycles. The van der Waals surface area contributed by atoms with Gasteiger partial charge in [0.05, 0.1) is 29.7 Å². The molecule has 0 saturated heterocycles. The minimum atomic E-state index is -4.53. The van der Waals surface area contributed by atoms with Gasteiger partial charge in [0.2, 0.25) is 0 Å². The number of hydrogen-bond acceptors (Lipinski definition) is 3. The number of carbonyl (C=O) groups is 1. The summed E-state index contributed by atoms with van der Waals surface area (Å²) < 4.78 is 38.6. The Hall–Kier alpha value is -2.58. The van der Waals surface area contributed by atoms with Gasteiger partial charge in [-0.1, -0.05) is 12.1 Å². The van der Waals surface area contributed by atoms with Crippen LogP contribution >= 0.6 is 12.4 Å². The molecule has 0 aromatic heterocycles. The van der Waals surface area contributed by atoms with Crippen LogP contribution in [0.1, 0.15) is 33.1 Å². The van der Waals surface area contributed by atoms with Crippen LogP contribution in [0.15, 0.2) is 47.5 Å². The number of aliphatic hydroxyl groups is 1. The van der Waals surface area contributed by atoms with Gasteiger partial charge < -0.3 is 15.3 Å². The number of rotatable bonds is 4. The van der Waals surface area contributed by atoms with Crippen LogP contribution in [0.2, 0.25) is 0 Å². The molecule has 5 nitrogen and oxygen atoms in total. The average Bonchev–Trinajstić information content (AvgIpc) is 2.94. The van der Waals surface area contributed by atoms with Crippen LogP contribution in [0.3, 0.4) is 0 Å². The number of fused-ring (bicyclic) bond motifs is 1. The molecule has 0 aliphatic heterocycles. The number of nitrogens with zero attached hydrogens (tertiary/aromatic N) is 2. The van der Waals surface area contributed by atoms with Gasteiger partial charge in [-0.2, -0.15) is 13.2 Å². The van der Waals surface area contributed by atoms with Gasteiger partial charge >= 0.3 is 6.18 Å². The van der Waals surface area contributed by atoms with Gasteiger partial charge in [0, 0.05) is 26.1 Å². The third-order valence-electron chi connectivity index (χ3n) is 4.45. The first-order chi connectivity index (χ1) is 13.1. The van der Waals surface area contributed by atoms with E-state index in [9.17, 15) is 23.1 Å². The SMILES string of the molecule is CN(C)C=Nc1ccc2c(c1)C(NC(=O)c1cccc(C(F)(F)F)c1)C(O)C2.Cl. The van der Waals surface area contributed by atoms with E-state index in [0.29, 0.717) is 17.7 Å². The van der Waals surface area contributed by atoms with Gasteiger partial charge in [-0.05, 0) is 41.5 Å². The van der Waals surface area contributed by atoms with E-state index in [4.69, 9.17) is 0 Å². The summed E-state index contributed by atoms with van der Waals surface area (Å²) in [6, 6.07) is 8.89. The fraction of sp³-hybridized carbons (Fsp3) is 0.300. The summed E-state index contributed by atoms with van der Waals surface area (Å²) in [5, 5.41) is 13.0. The minimum absolute atomic E-state index is 0. The van der Waals surface area contributed by atoms with Crippen molar-refractivity contribution in [1.29, 1.82) is 0 Å². The Balaban J connectivity index is 0.00000300. The minimum Gasteiger partial charge on any atom is -0.390 e. The van der Waals surface area contributed by atoms with E-state index in [-0.39, 0.29) is 18.0 Å². The first kappa shape index (κ1) is 22.7. The lowest BCUT2D eigenvalue weighted by atomic mass is 10.1. The standard InChI is InChI=1S/C20H20F3N3O2.ClH/c1-26(2)11-24-15-7-6-12-9-17(27)18(16(12)10-15)25-19(28)13-4-3-5-14(8-13)20(21,22)23;/h3-8,10-11,17-18,27H,9H2,1-2H3,(H,25,28);1H. The molecule has 29 heavy (non-hydrogen) atoms. The lowest BCUT2D eigenvalue weighted by molar-refractivity contribution is -0.137. The van der Waals surface area contributed by atoms with E-state index in [1.54, 1.807) is 17.3 Å². The van der Waals surface area contributed by atoms with E-state index in [2.05, 4.69) is 10.3 Å². The molecule has 1 aliphatic rings. The smallest absolute Gasteiger partial charge is 0.390 e. The maximum absolute atomic E-state index is 12.9. The third kappa shape index (κ3) is 5.27. The Morgan fingerprint density at radius 2 is 1.97 bits per heavy atom. The van der Waals surface area contributed by atoms with E-state index in [1.807, 2.05) is 26.2 Å². The first-order valence-corrected chi connectivity index (χ1v) is 8.65. The van der Waals surface area contributed by atoms with Crippen molar-refractivity contribution in [2.45, 2.75) is 24.7 Å². The zero-order valence-corrected chi connectivity index (χ0v) is 16.6. The van der Waals surface area contributed by atoms with Crippen LogP contribution in [-0.2, 0) is 12.6 Å². The predicted molar refractivity (Wildman–Crippen MR) is 107 cm³/mol. The fourth-order valence-corrected chi connectivity index (χ4v) is 3.11. The number of nitrogens with one attached hydrogen (secondary N) is 1. The highest BCUT2D eigenvalue weighted by molar-refractivity contribution is 5.94. The van der Waals surface area contributed by atoms with Crippen molar-refractivity contribution in [2.75, 3.05) is 14.1 Å². The maximum Gasteiger partial charge on any atom is 0.416 e. The van der Waals surface area contributed by atoms with Crippen LogP contribution in [0.25, 0.3) is 0 Å². The molecule has 0 heterocycles. The summed E-state index contributed by atoms with van der Waals surface area (Å²) in [5.74, 6) is -0.676. The number of halogens is 4. The number of alkyl halides is 3. The molecule has 3 rings (SSSR count). The van der Waals surface area contributed by atoms with Gasteiger partial charge in [0.25, 0.3) is 5.91 Å². The van der Waals surface area contributed by atoms with Gasteiger partial charge in [0.15, 0.2) is 0 Å². The summed E-state index contributed by atoms with van der Waals surface area (Å²) >= 11 is 0. The number of amides is 1. The molecular formula is C20H21ClF3N3O2. The molecule has 2 N–H and O–H groups in total. The second-order valence-electron chi connectivity index (χ2n) is 6.89. The van der Waals surface area contributed by atoms with Crippen LogP contribution in [0.4, 0.5) is 18.9 Å². The summed E-state index contributed by atoms with van der Waals surface area (Å²) in [5.41, 5.74) is 1.22. The van der Waals surface area contributed by atoms with Crippen LogP contribution in [0, 0.1) is 0 Å². The average molecular weight is 428 g/mol. The number of hydrogen-bond donors (Lipinski definition) is 2. The van der Waals surface area contributed by atoms with Crippen LogP contribution in [-0.4, -0.2) is 42.5 Å². The molecule has 0 saturated carbocycles. The summed E-state index contributed by atoms with van der Waals surface area (Å²) in [7, 11) is 3.66. The van der Waals surface area contributed by atoms with Crippen molar-refractivity contribution in [3.8, 4) is 0 Å². The number of carbonyl (C=O) groups excluding carboxylic acids is 1. The van der Waals surface area contributed by atoms with Gasteiger partial charge in [-0.25, -0.2) is 4.99 Å². The molecule has 0 fully saturated rings. The highest BCUT2D eigenvalue weighted by Gasteiger charge is 2.34.